The van der Waals surface area contributed by atoms with Gasteiger partial charge in [-0.25, -0.2) is 0 Å². The number of amides is 1. The van der Waals surface area contributed by atoms with Crippen molar-refractivity contribution in [1.82, 2.24) is 10.2 Å². The van der Waals surface area contributed by atoms with Crippen LogP contribution in [0.1, 0.15) is 22.8 Å². The van der Waals surface area contributed by atoms with Crippen LogP contribution in [-0.2, 0) is 0 Å². The SMILES string of the molecule is Cc1cccc(C(=O)N2CCNC[C@H]2C)c1Br. The molecule has 17 heavy (non-hydrogen) atoms. The molecule has 1 N–H and O–H groups in total. The van der Waals surface area contributed by atoms with Crippen LogP contribution in [0.2, 0.25) is 0 Å². The first-order valence-electron chi connectivity index (χ1n) is 5.88. The molecule has 4 heteroatoms. The third-order valence-corrected chi connectivity index (χ3v) is 4.24. The lowest BCUT2D eigenvalue weighted by molar-refractivity contribution is 0.0654. The summed E-state index contributed by atoms with van der Waals surface area (Å²) in [5.41, 5.74) is 1.86. The van der Waals surface area contributed by atoms with Gasteiger partial charge in [-0.05, 0) is 41.4 Å². The van der Waals surface area contributed by atoms with Gasteiger partial charge in [0.2, 0.25) is 0 Å². The molecule has 0 radical (unpaired) electrons. The molecule has 0 unspecified atom stereocenters. The molecular weight excluding hydrogens is 280 g/mol. The second-order valence-corrected chi connectivity index (χ2v) is 5.28. The van der Waals surface area contributed by atoms with Crippen LogP contribution in [0.4, 0.5) is 0 Å². The molecule has 1 atom stereocenters. The summed E-state index contributed by atoms with van der Waals surface area (Å²) in [5, 5.41) is 3.29. The van der Waals surface area contributed by atoms with Gasteiger partial charge in [-0.1, -0.05) is 12.1 Å². The zero-order valence-corrected chi connectivity index (χ0v) is 11.8. The average Bonchev–Trinajstić information content (AvgIpc) is 2.32. The maximum Gasteiger partial charge on any atom is 0.255 e. The summed E-state index contributed by atoms with van der Waals surface area (Å²) in [6, 6.07) is 6.07. The molecule has 0 spiro atoms. The summed E-state index contributed by atoms with van der Waals surface area (Å²) >= 11 is 3.50. The summed E-state index contributed by atoms with van der Waals surface area (Å²) in [5.74, 6) is 0.120. The van der Waals surface area contributed by atoms with E-state index in [4.69, 9.17) is 0 Å². The maximum atomic E-state index is 12.5. The van der Waals surface area contributed by atoms with E-state index in [1.807, 2.05) is 30.0 Å². The smallest absolute Gasteiger partial charge is 0.255 e. The summed E-state index contributed by atoms with van der Waals surface area (Å²) in [6.45, 7) is 6.60. The molecule has 3 nitrogen and oxygen atoms in total. The molecule has 92 valence electrons. The van der Waals surface area contributed by atoms with Crippen LogP contribution in [0.3, 0.4) is 0 Å². The van der Waals surface area contributed by atoms with E-state index < -0.39 is 0 Å². The zero-order valence-electron chi connectivity index (χ0n) is 10.2. The molecular formula is C13H17BrN2O. The Morgan fingerprint density at radius 3 is 3.00 bits per heavy atom. The summed E-state index contributed by atoms with van der Waals surface area (Å²) in [4.78, 5) is 14.4. The number of nitrogens with zero attached hydrogens (tertiary/aromatic N) is 1. The molecule has 0 aromatic heterocycles. The number of halogens is 1. The van der Waals surface area contributed by atoms with Crippen molar-refractivity contribution in [2.75, 3.05) is 19.6 Å². The second kappa shape index (κ2) is 5.19. The Hall–Kier alpha value is -0.870. The summed E-state index contributed by atoms with van der Waals surface area (Å²) in [6.07, 6.45) is 0. The molecule has 1 fully saturated rings. The van der Waals surface area contributed by atoms with E-state index in [9.17, 15) is 4.79 Å². The molecule has 1 aliphatic rings. The minimum absolute atomic E-state index is 0.120. The van der Waals surface area contributed by atoms with E-state index in [-0.39, 0.29) is 11.9 Å². The molecule has 2 rings (SSSR count). The first-order valence-corrected chi connectivity index (χ1v) is 6.67. The van der Waals surface area contributed by atoms with Gasteiger partial charge in [-0.15, -0.1) is 0 Å². The van der Waals surface area contributed by atoms with Crippen molar-refractivity contribution in [2.45, 2.75) is 19.9 Å². The van der Waals surface area contributed by atoms with Crippen molar-refractivity contribution < 1.29 is 4.79 Å². The van der Waals surface area contributed by atoms with E-state index in [0.717, 1.165) is 35.2 Å². The van der Waals surface area contributed by atoms with Gasteiger partial charge < -0.3 is 10.2 Å². The summed E-state index contributed by atoms with van der Waals surface area (Å²) < 4.78 is 0.913. The van der Waals surface area contributed by atoms with Crippen LogP contribution in [0.5, 0.6) is 0 Å². The third-order valence-electron chi connectivity index (χ3n) is 3.18. The van der Waals surface area contributed by atoms with Crippen molar-refractivity contribution in [1.29, 1.82) is 0 Å². The standard InChI is InChI=1S/C13H17BrN2O/c1-9-4-3-5-11(12(9)14)13(17)16-7-6-15-8-10(16)2/h3-5,10,15H,6-8H2,1-2H3/t10-/m1/s1. The number of piperazine rings is 1. The second-order valence-electron chi connectivity index (χ2n) is 4.49. The van der Waals surface area contributed by atoms with Gasteiger partial charge in [0.15, 0.2) is 0 Å². The first-order chi connectivity index (χ1) is 8.11. The van der Waals surface area contributed by atoms with Gasteiger partial charge in [0.25, 0.3) is 5.91 Å². The normalized spacial score (nSPS) is 20.4. The Morgan fingerprint density at radius 2 is 2.29 bits per heavy atom. The highest BCUT2D eigenvalue weighted by atomic mass is 79.9. The lowest BCUT2D eigenvalue weighted by Gasteiger charge is -2.34. The minimum atomic E-state index is 0.120. The van der Waals surface area contributed by atoms with E-state index >= 15 is 0 Å². The molecule has 0 bridgehead atoms. The van der Waals surface area contributed by atoms with E-state index in [1.165, 1.54) is 0 Å². The molecule has 1 heterocycles. The number of hydrogen-bond acceptors (Lipinski definition) is 2. The van der Waals surface area contributed by atoms with E-state index in [1.54, 1.807) is 0 Å². The Labute approximate surface area is 110 Å². The van der Waals surface area contributed by atoms with Gasteiger partial charge in [0.05, 0.1) is 5.56 Å². The molecule has 1 saturated heterocycles. The van der Waals surface area contributed by atoms with Crippen molar-refractivity contribution in [3.8, 4) is 0 Å². The number of hydrogen-bond donors (Lipinski definition) is 1. The first kappa shape index (κ1) is 12.6. The Bertz CT molecular complexity index is 433. The Morgan fingerprint density at radius 1 is 1.53 bits per heavy atom. The topological polar surface area (TPSA) is 32.3 Å². The third kappa shape index (κ3) is 2.53. The molecule has 1 aliphatic heterocycles. The predicted octanol–water partition coefficient (Wildman–Crippen LogP) is 2.19. The fourth-order valence-corrected chi connectivity index (χ4v) is 2.54. The van der Waals surface area contributed by atoms with Crippen LogP contribution < -0.4 is 5.32 Å². The number of carbonyl (C=O) groups excluding carboxylic acids is 1. The highest BCUT2D eigenvalue weighted by Gasteiger charge is 2.25. The molecule has 1 amide bonds. The van der Waals surface area contributed by atoms with Crippen LogP contribution in [0, 0.1) is 6.92 Å². The quantitative estimate of drug-likeness (QED) is 0.862. The number of nitrogens with one attached hydrogen (secondary N) is 1. The summed E-state index contributed by atoms with van der Waals surface area (Å²) in [7, 11) is 0. The van der Waals surface area contributed by atoms with Crippen molar-refractivity contribution in [3.63, 3.8) is 0 Å². The highest BCUT2D eigenvalue weighted by Crippen LogP contribution is 2.23. The van der Waals surface area contributed by atoms with Crippen molar-refractivity contribution >= 4 is 21.8 Å². The number of aryl methyl sites for hydroxylation is 1. The monoisotopic (exact) mass is 296 g/mol. The van der Waals surface area contributed by atoms with Gasteiger partial charge in [-0.3, -0.25) is 4.79 Å². The predicted molar refractivity (Wildman–Crippen MR) is 72.2 cm³/mol. The molecule has 0 saturated carbocycles. The van der Waals surface area contributed by atoms with Crippen LogP contribution in [0.15, 0.2) is 22.7 Å². The maximum absolute atomic E-state index is 12.5. The number of benzene rings is 1. The lowest BCUT2D eigenvalue weighted by atomic mass is 10.1. The highest BCUT2D eigenvalue weighted by molar-refractivity contribution is 9.10. The van der Waals surface area contributed by atoms with Gasteiger partial charge in [0, 0.05) is 30.1 Å². The average molecular weight is 297 g/mol. The van der Waals surface area contributed by atoms with Gasteiger partial charge in [0.1, 0.15) is 0 Å². The van der Waals surface area contributed by atoms with Crippen LogP contribution in [0.25, 0.3) is 0 Å². The van der Waals surface area contributed by atoms with E-state index in [2.05, 4.69) is 28.2 Å². The van der Waals surface area contributed by atoms with E-state index in [0.29, 0.717) is 0 Å². The Balaban J connectivity index is 2.27. The van der Waals surface area contributed by atoms with Gasteiger partial charge >= 0.3 is 0 Å². The minimum Gasteiger partial charge on any atom is -0.333 e. The lowest BCUT2D eigenvalue weighted by Crippen LogP contribution is -2.52. The van der Waals surface area contributed by atoms with Crippen molar-refractivity contribution in [3.05, 3.63) is 33.8 Å². The molecule has 0 aliphatic carbocycles. The fraction of sp³-hybridized carbons (Fsp3) is 0.462. The van der Waals surface area contributed by atoms with Gasteiger partial charge in [-0.2, -0.15) is 0 Å². The number of carbonyl (C=O) groups is 1. The molecule has 1 aromatic rings. The zero-order chi connectivity index (χ0) is 12.4. The van der Waals surface area contributed by atoms with Crippen molar-refractivity contribution in [2.24, 2.45) is 0 Å². The fourth-order valence-electron chi connectivity index (χ4n) is 2.11. The number of rotatable bonds is 1. The van der Waals surface area contributed by atoms with Crippen LogP contribution >= 0.6 is 15.9 Å². The van der Waals surface area contributed by atoms with Crippen LogP contribution in [-0.4, -0.2) is 36.5 Å². The molecule has 1 aromatic carbocycles. The Kier molecular flexibility index (Phi) is 3.84. The largest absolute Gasteiger partial charge is 0.333 e.